The predicted octanol–water partition coefficient (Wildman–Crippen LogP) is 4.75. The summed E-state index contributed by atoms with van der Waals surface area (Å²) in [6, 6.07) is 20.0. The van der Waals surface area contributed by atoms with Crippen molar-refractivity contribution in [1.82, 2.24) is 9.97 Å². The van der Waals surface area contributed by atoms with E-state index in [0.717, 1.165) is 32.5 Å². The number of hydrogen-bond donors (Lipinski definition) is 0. The molecule has 0 radical (unpaired) electrons. The van der Waals surface area contributed by atoms with Gasteiger partial charge < -0.3 is 0 Å². The van der Waals surface area contributed by atoms with Crippen molar-refractivity contribution in [2.24, 2.45) is 0 Å². The van der Waals surface area contributed by atoms with E-state index in [9.17, 15) is 0 Å². The summed E-state index contributed by atoms with van der Waals surface area (Å²) in [7, 11) is 0. The van der Waals surface area contributed by atoms with E-state index >= 15 is 0 Å². The SMILES string of the molecule is S=C(SCc1ccc(-c2ccccn2)nc1)c1ccccc1. The van der Waals surface area contributed by atoms with Crippen molar-refractivity contribution in [2.45, 2.75) is 5.75 Å². The van der Waals surface area contributed by atoms with Crippen LogP contribution >= 0.6 is 24.0 Å². The lowest BCUT2D eigenvalue weighted by atomic mass is 10.2. The third kappa shape index (κ3) is 3.78. The smallest absolute Gasteiger partial charge is 0.0886 e. The highest BCUT2D eigenvalue weighted by Gasteiger charge is 2.04. The zero-order valence-corrected chi connectivity index (χ0v) is 13.5. The van der Waals surface area contributed by atoms with Crippen LogP contribution in [0.3, 0.4) is 0 Å². The quantitative estimate of drug-likeness (QED) is 0.647. The summed E-state index contributed by atoms with van der Waals surface area (Å²) in [6.45, 7) is 0. The van der Waals surface area contributed by atoms with E-state index in [-0.39, 0.29) is 0 Å². The molecule has 0 amide bonds. The average molecular weight is 322 g/mol. The van der Waals surface area contributed by atoms with Crippen LogP contribution in [-0.2, 0) is 5.75 Å². The second kappa shape index (κ2) is 7.29. The summed E-state index contributed by atoms with van der Waals surface area (Å²) in [5, 5.41) is 0. The average Bonchev–Trinajstić information content (AvgIpc) is 2.61. The van der Waals surface area contributed by atoms with Crippen molar-refractivity contribution < 1.29 is 0 Å². The molecular weight excluding hydrogens is 308 g/mol. The first-order valence-corrected chi connectivity index (χ1v) is 8.31. The van der Waals surface area contributed by atoms with Crippen molar-refractivity contribution in [3.8, 4) is 11.4 Å². The van der Waals surface area contributed by atoms with Gasteiger partial charge in [-0.25, -0.2) is 0 Å². The second-order valence-corrected chi connectivity index (χ2v) is 6.36. The minimum Gasteiger partial charge on any atom is -0.255 e. The Balaban J connectivity index is 1.63. The van der Waals surface area contributed by atoms with Crippen LogP contribution in [0.2, 0.25) is 0 Å². The molecule has 0 bridgehead atoms. The topological polar surface area (TPSA) is 25.8 Å². The van der Waals surface area contributed by atoms with Gasteiger partial charge in [0.1, 0.15) is 0 Å². The first-order valence-electron chi connectivity index (χ1n) is 6.91. The van der Waals surface area contributed by atoms with Crippen molar-refractivity contribution in [2.75, 3.05) is 0 Å². The molecule has 0 aliphatic heterocycles. The van der Waals surface area contributed by atoms with Crippen molar-refractivity contribution in [1.29, 1.82) is 0 Å². The number of benzene rings is 1. The molecule has 3 aromatic rings. The lowest BCUT2D eigenvalue weighted by Gasteiger charge is -2.05. The normalized spacial score (nSPS) is 10.4. The van der Waals surface area contributed by atoms with E-state index in [0.29, 0.717) is 0 Å². The summed E-state index contributed by atoms with van der Waals surface area (Å²) in [5.41, 5.74) is 4.03. The van der Waals surface area contributed by atoms with Gasteiger partial charge in [-0.05, 0) is 29.3 Å². The van der Waals surface area contributed by atoms with E-state index in [4.69, 9.17) is 12.2 Å². The highest BCUT2D eigenvalue weighted by Crippen LogP contribution is 2.20. The highest BCUT2D eigenvalue weighted by atomic mass is 32.2. The maximum Gasteiger partial charge on any atom is 0.0886 e. The fourth-order valence-corrected chi connectivity index (χ4v) is 3.07. The predicted molar refractivity (Wildman–Crippen MR) is 96.9 cm³/mol. The Hall–Kier alpha value is -2.04. The standard InChI is InChI=1S/C18H14N2S2/c21-18(15-6-2-1-3-7-15)22-13-14-9-10-17(20-12-14)16-8-4-5-11-19-16/h1-12H,13H2. The number of aromatic nitrogens is 2. The van der Waals surface area contributed by atoms with Crippen molar-refractivity contribution in [3.63, 3.8) is 0 Å². The van der Waals surface area contributed by atoms with Gasteiger partial charge in [0.25, 0.3) is 0 Å². The fourth-order valence-electron chi connectivity index (χ4n) is 1.98. The van der Waals surface area contributed by atoms with Crippen LogP contribution in [-0.4, -0.2) is 14.2 Å². The molecule has 2 aromatic heterocycles. The molecule has 0 spiro atoms. The summed E-state index contributed by atoms with van der Waals surface area (Å²) < 4.78 is 0.911. The lowest BCUT2D eigenvalue weighted by Crippen LogP contribution is -1.93. The number of rotatable bonds is 4. The molecule has 0 saturated carbocycles. The molecule has 0 aliphatic rings. The number of pyridine rings is 2. The van der Waals surface area contributed by atoms with Gasteiger partial charge in [0.2, 0.25) is 0 Å². The summed E-state index contributed by atoms with van der Waals surface area (Å²) in [4.78, 5) is 8.78. The molecule has 22 heavy (non-hydrogen) atoms. The molecule has 108 valence electrons. The monoisotopic (exact) mass is 322 g/mol. The van der Waals surface area contributed by atoms with Crippen LogP contribution in [0.25, 0.3) is 11.4 Å². The second-order valence-electron chi connectivity index (χ2n) is 4.71. The van der Waals surface area contributed by atoms with Gasteiger partial charge in [0, 0.05) is 18.1 Å². The van der Waals surface area contributed by atoms with Gasteiger partial charge in [-0.15, -0.1) is 11.8 Å². The van der Waals surface area contributed by atoms with E-state index in [1.165, 1.54) is 0 Å². The molecular formula is C18H14N2S2. The minimum atomic E-state index is 0.823. The Morgan fingerprint density at radius 2 is 1.64 bits per heavy atom. The van der Waals surface area contributed by atoms with Gasteiger partial charge in [0.05, 0.1) is 15.6 Å². The number of thiocarbonyl (C=S) groups is 1. The van der Waals surface area contributed by atoms with Gasteiger partial charge in [0.15, 0.2) is 0 Å². The first-order chi connectivity index (χ1) is 10.8. The molecule has 2 nitrogen and oxygen atoms in total. The van der Waals surface area contributed by atoms with Gasteiger partial charge >= 0.3 is 0 Å². The summed E-state index contributed by atoms with van der Waals surface area (Å²) >= 11 is 7.11. The summed E-state index contributed by atoms with van der Waals surface area (Å²) in [5.74, 6) is 0.823. The molecule has 2 heterocycles. The maximum absolute atomic E-state index is 5.45. The third-order valence-corrected chi connectivity index (χ3v) is 4.70. The molecule has 3 rings (SSSR count). The highest BCUT2D eigenvalue weighted by molar-refractivity contribution is 8.23. The largest absolute Gasteiger partial charge is 0.255 e. The molecule has 1 aromatic carbocycles. The Morgan fingerprint density at radius 3 is 2.32 bits per heavy atom. The molecule has 0 N–H and O–H groups in total. The van der Waals surface area contributed by atoms with E-state index in [2.05, 4.69) is 16.0 Å². The van der Waals surface area contributed by atoms with Crippen LogP contribution in [0.5, 0.6) is 0 Å². The van der Waals surface area contributed by atoms with Crippen LogP contribution in [0.4, 0.5) is 0 Å². The Morgan fingerprint density at radius 1 is 0.864 bits per heavy atom. The van der Waals surface area contributed by atoms with Crippen LogP contribution in [0.15, 0.2) is 73.1 Å². The van der Waals surface area contributed by atoms with E-state index < -0.39 is 0 Å². The first kappa shape index (κ1) is 14.9. The van der Waals surface area contributed by atoms with Crippen LogP contribution in [0.1, 0.15) is 11.1 Å². The molecule has 0 atom stereocenters. The lowest BCUT2D eigenvalue weighted by molar-refractivity contribution is 1.21. The number of hydrogen-bond acceptors (Lipinski definition) is 4. The molecule has 4 heteroatoms. The minimum absolute atomic E-state index is 0.823. The Kier molecular flexibility index (Phi) is 4.93. The molecule has 0 fully saturated rings. The maximum atomic E-state index is 5.45. The number of nitrogens with zero attached hydrogens (tertiary/aromatic N) is 2. The number of thioether (sulfide) groups is 1. The zero-order valence-electron chi connectivity index (χ0n) is 11.8. The van der Waals surface area contributed by atoms with Gasteiger partial charge in [-0.2, -0.15) is 0 Å². The van der Waals surface area contributed by atoms with Crippen molar-refractivity contribution in [3.05, 3.63) is 84.2 Å². The molecule has 0 unspecified atom stereocenters. The van der Waals surface area contributed by atoms with Crippen molar-refractivity contribution >= 4 is 28.2 Å². The van der Waals surface area contributed by atoms with Gasteiger partial charge in [-0.1, -0.05) is 54.7 Å². The van der Waals surface area contributed by atoms with E-state index in [1.807, 2.05) is 60.8 Å². The zero-order chi connectivity index (χ0) is 15.2. The van der Waals surface area contributed by atoms with Gasteiger partial charge in [-0.3, -0.25) is 9.97 Å². The fraction of sp³-hybridized carbons (Fsp3) is 0.0556. The van der Waals surface area contributed by atoms with E-state index in [1.54, 1.807) is 18.0 Å². The molecule has 0 aliphatic carbocycles. The Labute approximate surface area is 139 Å². The molecule has 0 saturated heterocycles. The Bertz CT molecular complexity index is 741. The van der Waals surface area contributed by atoms with Crippen LogP contribution < -0.4 is 0 Å². The summed E-state index contributed by atoms with van der Waals surface area (Å²) in [6.07, 6.45) is 3.67. The third-order valence-electron chi connectivity index (χ3n) is 3.13. The van der Waals surface area contributed by atoms with Crippen LogP contribution in [0, 0.1) is 0 Å².